The summed E-state index contributed by atoms with van der Waals surface area (Å²) in [6.45, 7) is 6.88. The van der Waals surface area contributed by atoms with Gasteiger partial charge in [0.1, 0.15) is 10.8 Å². The number of aryl methyl sites for hydroxylation is 2. The third kappa shape index (κ3) is 3.98. The van der Waals surface area contributed by atoms with Crippen molar-refractivity contribution in [2.24, 2.45) is 0 Å². The molecule has 0 spiro atoms. The van der Waals surface area contributed by atoms with Crippen LogP contribution >= 0.6 is 11.3 Å². The van der Waals surface area contributed by atoms with E-state index in [4.69, 9.17) is 5.26 Å². The molecule has 1 saturated heterocycles. The van der Waals surface area contributed by atoms with Gasteiger partial charge in [0.05, 0.1) is 17.3 Å². The van der Waals surface area contributed by atoms with Crippen LogP contribution in [0.25, 0.3) is 10.6 Å². The van der Waals surface area contributed by atoms with Crippen molar-refractivity contribution >= 4 is 23.1 Å². The molecule has 3 aromatic rings. The van der Waals surface area contributed by atoms with Crippen molar-refractivity contribution in [3.05, 3.63) is 64.3 Å². The van der Waals surface area contributed by atoms with Crippen LogP contribution in [0, 0.1) is 25.2 Å². The lowest BCUT2D eigenvalue weighted by molar-refractivity contribution is 0.0746. The van der Waals surface area contributed by atoms with Crippen molar-refractivity contribution in [3.63, 3.8) is 0 Å². The molecule has 29 heavy (non-hydrogen) atoms. The molecule has 6 nitrogen and oxygen atoms in total. The highest BCUT2D eigenvalue weighted by molar-refractivity contribution is 7.15. The van der Waals surface area contributed by atoms with Crippen LogP contribution in [0.15, 0.2) is 42.6 Å². The van der Waals surface area contributed by atoms with Crippen molar-refractivity contribution in [1.82, 2.24) is 14.9 Å². The summed E-state index contributed by atoms with van der Waals surface area (Å²) in [6.07, 6.45) is 1.88. The minimum absolute atomic E-state index is 0.00644. The summed E-state index contributed by atoms with van der Waals surface area (Å²) >= 11 is 1.69. The number of piperazine rings is 1. The summed E-state index contributed by atoms with van der Waals surface area (Å²) in [5.74, 6) is 0.927. The number of anilines is 1. The molecule has 4 rings (SSSR count). The molecular weight excluding hydrogens is 382 g/mol. The number of aromatic nitrogens is 2. The second-order valence-electron chi connectivity index (χ2n) is 7.03. The average molecular weight is 404 g/mol. The van der Waals surface area contributed by atoms with Crippen LogP contribution < -0.4 is 4.90 Å². The van der Waals surface area contributed by atoms with E-state index in [0.717, 1.165) is 35.2 Å². The van der Waals surface area contributed by atoms with E-state index in [1.165, 1.54) is 4.88 Å². The van der Waals surface area contributed by atoms with Gasteiger partial charge in [-0.2, -0.15) is 5.26 Å². The Bertz CT molecular complexity index is 1040. The maximum atomic E-state index is 12.7. The molecule has 0 N–H and O–H groups in total. The molecule has 0 radical (unpaired) electrons. The number of rotatable bonds is 3. The van der Waals surface area contributed by atoms with E-state index < -0.39 is 0 Å². The Morgan fingerprint density at radius 3 is 2.34 bits per heavy atom. The smallest absolute Gasteiger partial charge is 0.253 e. The van der Waals surface area contributed by atoms with E-state index >= 15 is 0 Å². The Balaban J connectivity index is 1.39. The molecule has 1 aromatic carbocycles. The third-order valence-corrected chi connectivity index (χ3v) is 6.30. The number of benzene rings is 1. The topological polar surface area (TPSA) is 73.1 Å². The van der Waals surface area contributed by atoms with Crippen LogP contribution in [0.2, 0.25) is 0 Å². The zero-order valence-corrected chi connectivity index (χ0v) is 17.2. The maximum Gasteiger partial charge on any atom is 0.253 e. The summed E-state index contributed by atoms with van der Waals surface area (Å²) in [6, 6.07) is 13.0. The molecule has 1 amide bonds. The maximum absolute atomic E-state index is 12.7. The van der Waals surface area contributed by atoms with E-state index in [0.29, 0.717) is 24.2 Å². The SMILES string of the molecule is Cc1nc(-c2ccc(N3CCN(C(=O)c4ccc(C#N)cc4)CC3)nc2)sc1C. The van der Waals surface area contributed by atoms with Gasteiger partial charge in [-0.25, -0.2) is 9.97 Å². The van der Waals surface area contributed by atoms with Gasteiger partial charge in [0.25, 0.3) is 5.91 Å². The highest BCUT2D eigenvalue weighted by atomic mass is 32.1. The van der Waals surface area contributed by atoms with Crippen molar-refractivity contribution in [3.8, 4) is 16.6 Å². The van der Waals surface area contributed by atoms with Gasteiger partial charge in [0.2, 0.25) is 0 Å². The number of nitriles is 1. The Kier molecular flexibility index (Phi) is 5.28. The average Bonchev–Trinajstić information content (AvgIpc) is 3.12. The summed E-state index contributed by atoms with van der Waals surface area (Å²) < 4.78 is 0. The largest absolute Gasteiger partial charge is 0.353 e. The van der Waals surface area contributed by atoms with Crippen molar-refractivity contribution in [1.29, 1.82) is 5.26 Å². The molecule has 0 saturated carbocycles. The van der Waals surface area contributed by atoms with Gasteiger partial charge in [-0.05, 0) is 50.2 Å². The molecule has 0 aliphatic carbocycles. The first-order chi connectivity index (χ1) is 14.0. The minimum Gasteiger partial charge on any atom is -0.353 e. The van der Waals surface area contributed by atoms with E-state index in [1.54, 1.807) is 35.6 Å². The first-order valence-electron chi connectivity index (χ1n) is 9.50. The fourth-order valence-corrected chi connectivity index (χ4v) is 4.21. The van der Waals surface area contributed by atoms with Crippen LogP contribution in [0.4, 0.5) is 5.82 Å². The van der Waals surface area contributed by atoms with E-state index in [9.17, 15) is 4.79 Å². The van der Waals surface area contributed by atoms with Crippen molar-refractivity contribution < 1.29 is 4.79 Å². The van der Waals surface area contributed by atoms with Crippen LogP contribution in [0.5, 0.6) is 0 Å². The van der Waals surface area contributed by atoms with Gasteiger partial charge in [0, 0.05) is 48.4 Å². The standard InChI is InChI=1S/C22H21N5OS/c1-15-16(2)29-21(25-15)19-7-8-20(24-14-19)26-9-11-27(12-10-26)22(28)18-5-3-17(13-23)4-6-18/h3-8,14H,9-12H2,1-2H3. The van der Waals surface area contributed by atoms with Crippen LogP contribution in [0.3, 0.4) is 0 Å². The highest BCUT2D eigenvalue weighted by Crippen LogP contribution is 2.28. The number of hydrogen-bond donors (Lipinski definition) is 0. The number of nitrogens with zero attached hydrogens (tertiary/aromatic N) is 5. The molecule has 7 heteroatoms. The van der Waals surface area contributed by atoms with Gasteiger partial charge in [-0.3, -0.25) is 4.79 Å². The third-order valence-electron chi connectivity index (χ3n) is 5.18. The number of carbonyl (C=O) groups is 1. The fraction of sp³-hybridized carbons (Fsp3) is 0.273. The Morgan fingerprint density at radius 1 is 1.07 bits per heavy atom. The lowest BCUT2D eigenvalue weighted by Crippen LogP contribution is -2.49. The number of thiazole rings is 1. The lowest BCUT2D eigenvalue weighted by atomic mass is 10.1. The Morgan fingerprint density at radius 2 is 1.79 bits per heavy atom. The molecule has 3 heterocycles. The molecule has 0 atom stereocenters. The number of carbonyl (C=O) groups excluding carboxylic acids is 1. The van der Waals surface area contributed by atoms with Gasteiger partial charge >= 0.3 is 0 Å². The summed E-state index contributed by atoms with van der Waals surface area (Å²) in [5.41, 5.74) is 3.28. The molecule has 1 aliphatic rings. The van der Waals surface area contributed by atoms with E-state index in [2.05, 4.69) is 33.9 Å². The van der Waals surface area contributed by atoms with Gasteiger partial charge < -0.3 is 9.80 Å². The molecule has 0 unspecified atom stereocenters. The second-order valence-corrected chi connectivity index (χ2v) is 8.24. The predicted octanol–water partition coefficient (Wildman–Crippen LogP) is 3.66. The van der Waals surface area contributed by atoms with Crippen LogP contribution in [-0.4, -0.2) is 47.0 Å². The molecule has 146 valence electrons. The van der Waals surface area contributed by atoms with E-state index in [1.807, 2.05) is 24.1 Å². The first-order valence-corrected chi connectivity index (χ1v) is 10.3. The van der Waals surface area contributed by atoms with Gasteiger partial charge in [-0.15, -0.1) is 11.3 Å². The highest BCUT2D eigenvalue weighted by Gasteiger charge is 2.23. The summed E-state index contributed by atoms with van der Waals surface area (Å²) in [4.78, 5) is 27.2. The Labute approximate surface area is 174 Å². The zero-order chi connectivity index (χ0) is 20.4. The van der Waals surface area contributed by atoms with Gasteiger partial charge in [-0.1, -0.05) is 0 Å². The van der Waals surface area contributed by atoms with Crippen LogP contribution in [0.1, 0.15) is 26.5 Å². The molecule has 0 bridgehead atoms. The lowest BCUT2D eigenvalue weighted by Gasteiger charge is -2.35. The van der Waals surface area contributed by atoms with Crippen molar-refractivity contribution in [2.45, 2.75) is 13.8 Å². The van der Waals surface area contributed by atoms with Crippen molar-refractivity contribution in [2.75, 3.05) is 31.1 Å². The zero-order valence-electron chi connectivity index (χ0n) is 16.4. The summed E-state index contributed by atoms with van der Waals surface area (Å²) in [7, 11) is 0. The predicted molar refractivity (Wildman–Crippen MR) is 114 cm³/mol. The monoisotopic (exact) mass is 403 g/mol. The summed E-state index contributed by atoms with van der Waals surface area (Å²) in [5, 5.41) is 9.89. The van der Waals surface area contributed by atoms with Crippen LogP contribution in [-0.2, 0) is 0 Å². The molecular formula is C22H21N5OS. The molecule has 2 aromatic heterocycles. The quantitative estimate of drug-likeness (QED) is 0.667. The van der Waals surface area contributed by atoms with Gasteiger partial charge in [0.15, 0.2) is 0 Å². The van der Waals surface area contributed by atoms with E-state index in [-0.39, 0.29) is 5.91 Å². The first kappa shape index (κ1) is 19.1. The second kappa shape index (κ2) is 8.02. The number of amides is 1. The molecule has 1 aliphatic heterocycles. The number of pyridine rings is 1. The normalized spacial score (nSPS) is 14.0. The number of hydrogen-bond acceptors (Lipinski definition) is 6. The minimum atomic E-state index is 0.00644. The fourth-order valence-electron chi connectivity index (χ4n) is 3.30. The molecule has 1 fully saturated rings. The Hall–Kier alpha value is -3.24.